The maximum Gasteiger partial charge on any atom is 0.160 e. The second-order valence-electron chi connectivity index (χ2n) is 9.05. The van der Waals surface area contributed by atoms with Crippen molar-refractivity contribution in [1.82, 2.24) is 24.3 Å². The van der Waals surface area contributed by atoms with Gasteiger partial charge in [0.05, 0.1) is 13.2 Å². The highest BCUT2D eigenvalue weighted by Crippen LogP contribution is 2.21. The fourth-order valence-corrected chi connectivity index (χ4v) is 4.62. The summed E-state index contributed by atoms with van der Waals surface area (Å²) in [5.41, 5.74) is 6.69. The van der Waals surface area contributed by atoms with E-state index in [-0.39, 0.29) is 6.67 Å². The summed E-state index contributed by atoms with van der Waals surface area (Å²) in [5, 5.41) is 0. The Bertz CT molecular complexity index is 1080. The van der Waals surface area contributed by atoms with Gasteiger partial charge >= 0.3 is 0 Å². The number of halogens is 1. The van der Waals surface area contributed by atoms with Crippen LogP contribution in [0.1, 0.15) is 41.6 Å². The van der Waals surface area contributed by atoms with E-state index in [9.17, 15) is 4.39 Å². The predicted molar refractivity (Wildman–Crippen MR) is 134 cm³/mol. The topological polar surface area (TPSA) is 37.2 Å². The van der Waals surface area contributed by atoms with Gasteiger partial charge in [-0.05, 0) is 43.0 Å². The molecule has 0 aliphatic carbocycles. The molecule has 5 nitrogen and oxygen atoms in total. The van der Waals surface area contributed by atoms with Crippen LogP contribution in [-0.2, 0) is 13.0 Å². The lowest BCUT2D eigenvalue weighted by Gasteiger charge is -2.33. The van der Waals surface area contributed by atoms with Crippen LogP contribution in [-0.4, -0.2) is 70.3 Å². The molecule has 0 saturated carbocycles. The fourth-order valence-electron chi connectivity index (χ4n) is 4.62. The van der Waals surface area contributed by atoms with Crippen molar-refractivity contribution < 1.29 is 4.39 Å². The Labute approximate surface area is 196 Å². The van der Waals surface area contributed by atoms with Crippen molar-refractivity contribution in [3.8, 4) is 0 Å². The van der Waals surface area contributed by atoms with E-state index in [4.69, 9.17) is 9.97 Å². The molecule has 1 fully saturated rings. The summed E-state index contributed by atoms with van der Waals surface area (Å²) >= 11 is 0. The van der Waals surface area contributed by atoms with Gasteiger partial charge in [-0.3, -0.25) is 9.29 Å². The van der Waals surface area contributed by atoms with Crippen LogP contribution in [0.3, 0.4) is 0 Å². The molecule has 0 unspecified atom stereocenters. The lowest BCUT2D eigenvalue weighted by Crippen LogP contribution is -2.46. The maximum atomic E-state index is 12.3. The average molecular weight is 450 g/mol. The van der Waals surface area contributed by atoms with Gasteiger partial charge in [0.25, 0.3) is 0 Å². The van der Waals surface area contributed by atoms with Gasteiger partial charge in [0.2, 0.25) is 0 Å². The largest absolute Gasteiger partial charge is 0.308 e. The number of hydrogen-bond acceptors (Lipinski definition) is 4. The first-order valence-electron chi connectivity index (χ1n) is 12.2. The summed E-state index contributed by atoms with van der Waals surface area (Å²) in [4.78, 5) is 14.5. The zero-order valence-corrected chi connectivity index (χ0v) is 20.2. The minimum Gasteiger partial charge on any atom is -0.308 e. The number of piperazine rings is 1. The van der Waals surface area contributed by atoms with Gasteiger partial charge in [0.15, 0.2) is 5.65 Å². The van der Waals surface area contributed by atoms with Gasteiger partial charge in [-0.1, -0.05) is 43.3 Å². The van der Waals surface area contributed by atoms with E-state index in [0.29, 0.717) is 6.42 Å². The van der Waals surface area contributed by atoms with Crippen LogP contribution in [0.4, 0.5) is 4.39 Å². The third-order valence-electron chi connectivity index (χ3n) is 6.48. The molecule has 0 bridgehead atoms. The summed E-state index contributed by atoms with van der Waals surface area (Å²) in [6.07, 6.45) is 6.00. The molecule has 33 heavy (non-hydrogen) atoms. The van der Waals surface area contributed by atoms with Crippen LogP contribution in [0, 0.1) is 13.8 Å². The monoisotopic (exact) mass is 449 g/mol. The lowest BCUT2D eigenvalue weighted by molar-refractivity contribution is 0.139. The van der Waals surface area contributed by atoms with Gasteiger partial charge in [0, 0.05) is 51.4 Å². The van der Waals surface area contributed by atoms with Gasteiger partial charge in [-0.15, -0.1) is 0 Å². The molecule has 2 aromatic heterocycles. The summed E-state index contributed by atoms with van der Waals surface area (Å²) in [5.74, 6) is 1.08. The predicted octanol–water partition coefficient (Wildman–Crippen LogP) is 4.65. The molecule has 6 heteroatoms. The minimum atomic E-state index is -0.212. The molecule has 3 aromatic rings. The Morgan fingerprint density at radius 3 is 2.42 bits per heavy atom. The number of alkyl halides is 1. The number of rotatable bonds is 9. The van der Waals surface area contributed by atoms with Crippen molar-refractivity contribution in [3.05, 3.63) is 64.6 Å². The van der Waals surface area contributed by atoms with Crippen molar-refractivity contribution in [3.63, 3.8) is 0 Å². The van der Waals surface area contributed by atoms with Crippen LogP contribution < -0.4 is 0 Å². The molecule has 1 aromatic carbocycles. The minimum absolute atomic E-state index is 0.212. The highest BCUT2D eigenvalue weighted by atomic mass is 19.1. The first-order chi connectivity index (χ1) is 16.1. The zero-order chi connectivity index (χ0) is 23.2. The molecule has 0 spiro atoms. The Balaban J connectivity index is 1.36. The molecule has 0 radical (unpaired) electrons. The van der Waals surface area contributed by atoms with E-state index >= 15 is 0 Å². The van der Waals surface area contributed by atoms with Crippen molar-refractivity contribution in [2.45, 2.75) is 40.2 Å². The van der Waals surface area contributed by atoms with Gasteiger partial charge < -0.3 is 9.47 Å². The Morgan fingerprint density at radius 2 is 1.73 bits per heavy atom. The zero-order valence-electron chi connectivity index (χ0n) is 20.2. The number of pyridine rings is 1. The standard InChI is InChI=1S/C27H36FN5/c1-4-25-30-26-21(2)19-22(3)29-27(26)33(25)20-24-10-8-23(9-11-24)7-5-13-31-15-17-32(18-16-31)14-6-12-28/h5,7-11,19H,4,6,12-18,20H2,1-3H3. The Hall–Kier alpha value is -2.57. The first kappa shape index (κ1) is 23.6. The highest BCUT2D eigenvalue weighted by molar-refractivity contribution is 5.76. The number of aromatic nitrogens is 3. The molecule has 0 atom stereocenters. The summed E-state index contributed by atoms with van der Waals surface area (Å²) in [7, 11) is 0. The second-order valence-corrected chi connectivity index (χ2v) is 9.05. The van der Waals surface area contributed by atoms with Crippen LogP contribution in [0.2, 0.25) is 0 Å². The Morgan fingerprint density at radius 1 is 1.00 bits per heavy atom. The van der Waals surface area contributed by atoms with E-state index in [1.54, 1.807) is 0 Å². The first-order valence-corrected chi connectivity index (χ1v) is 12.2. The van der Waals surface area contributed by atoms with E-state index < -0.39 is 0 Å². The smallest absolute Gasteiger partial charge is 0.160 e. The number of hydrogen-bond donors (Lipinski definition) is 0. The molecule has 4 rings (SSSR count). The van der Waals surface area contributed by atoms with Gasteiger partial charge in [-0.25, -0.2) is 9.97 Å². The average Bonchev–Trinajstić information content (AvgIpc) is 3.17. The van der Waals surface area contributed by atoms with Crippen molar-refractivity contribution in [2.24, 2.45) is 0 Å². The lowest BCUT2D eigenvalue weighted by atomic mass is 10.1. The normalized spacial score (nSPS) is 15.8. The molecule has 0 amide bonds. The molecule has 3 heterocycles. The van der Waals surface area contributed by atoms with Crippen molar-refractivity contribution in [2.75, 3.05) is 45.9 Å². The van der Waals surface area contributed by atoms with E-state index in [1.165, 1.54) is 16.7 Å². The van der Waals surface area contributed by atoms with Gasteiger partial charge in [0.1, 0.15) is 11.3 Å². The third-order valence-corrected chi connectivity index (χ3v) is 6.48. The molecule has 1 saturated heterocycles. The van der Waals surface area contributed by atoms with Crippen molar-refractivity contribution >= 4 is 17.2 Å². The fraction of sp³-hybridized carbons (Fsp3) is 0.481. The summed E-state index contributed by atoms with van der Waals surface area (Å²) in [6.45, 7) is 12.9. The quantitative estimate of drug-likeness (QED) is 0.477. The van der Waals surface area contributed by atoms with E-state index in [1.807, 2.05) is 6.92 Å². The molecule has 1 aliphatic heterocycles. The second kappa shape index (κ2) is 11.0. The van der Waals surface area contributed by atoms with Crippen LogP contribution >= 0.6 is 0 Å². The summed E-state index contributed by atoms with van der Waals surface area (Å²) < 4.78 is 14.6. The number of nitrogens with zero attached hydrogens (tertiary/aromatic N) is 5. The van der Waals surface area contributed by atoms with Crippen molar-refractivity contribution in [1.29, 1.82) is 0 Å². The molecular weight excluding hydrogens is 413 g/mol. The molecular formula is C27H36FN5. The van der Waals surface area contributed by atoms with E-state index in [0.717, 1.165) is 74.9 Å². The van der Waals surface area contributed by atoms with E-state index in [2.05, 4.69) is 70.7 Å². The number of fused-ring (bicyclic) bond motifs is 1. The summed E-state index contributed by atoms with van der Waals surface area (Å²) in [6, 6.07) is 10.9. The number of imidazole rings is 1. The third kappa shape index (κ3) is 5.87. The highest BCUT2D eigenvalue weighted by Gasteiger charge is 2.15. The SMILES string of the molecule is CCc1nc2c(C)cc(C)nc2n1Cc1ccc(C=CCN2CCN(CCCF)CC2)cc1. The molecule has 1 aliphatic rings. The Kier molecular flexibility index (Phi) is 7.89. The number of benzene rings is 1. The maximum absolute atomic E-state index is 12.3. The molecule has 176 valence electrons. The van der Waals surface area contributed by atoms with Crippen LogP contribution in [0.5, 0.6) is 0 Å². The van der Waals surface area contributed by atoms with Gasteiger partial charge in [-0.2, -0.15) is 0 Å². The molecule has 0 N–H and O–H groups in total. The number of aryl methyl sites for hydroxylation is 3. The van der Waals surface area contributed by atoms with Crippen LogP contribution in [0.15, 0.2) is 36.4 Å². The van der Waals surface area contributed by atoms with Crippen LogP contribution in [0.25, 0.3) is 17.2 Å².